The van der Waals surface area contributed by atoms with Crippen LogP contribution in [0.1, 0.15) is 63.4 Å². The van der Waals surface area contributed by atoms with Crippen molar-refractivity contribution >= 4 is 11.8 Å². The number of likely N-dealkylation sites (tertiary alicyclic amines) is 2. The summed E-state index contributed by atoms with van der Waals surface area (Å²) < 4.78 is 1.79. The fourth-order valence-corrected chi connectivity index (χ4v) is 4.25. The van der Waals surface area contributed by atoms with Crippen LogP contribution in [0.4, 0.5) is 0 Å². The zero-order chi connectivity index (χ0) is 18.7. The number of aromatic nitrogens is 2. The molecule has 1 atom stereocenters. The maximum Gasteiger partial charge on any atom is 0.274 e. The SMILES string of the molecule is CCn1ccc(C(=O)N2CCC[C@]3(CCC(=O)N(CCC(C)C)C3)C2)n1. The zero-order valence-electron chi connectivity index (χ0n) is 16.4. The Hall–Kier alpha value is -1.85. The van der Waals surface area contributed by atoms with E-state index in [1.807, 2.05) is 29.0 Å². The van der Waals surface area contributed by atoms with E-state index < -0.39 is 0 Å². The van der Waals surface area contributed by atoms with E-state index in [0.29, 0.717) is 18.0 Å². The number of rotatable bonds is 5. The van der Waals surface area contributed by atoms with Gasteiger partial charge in [-0.15, -0.1) is 0 Å². The Balaban J connectivity index is 1.68. The van der Waals surface area contributed by atoms with E-state index in [-0.39, 0.29) is 17.2 Å². The molecule has 2 fully saturated rings. The van der Waals surface area contributed by atoms with Crippen molar-refractivity contribution in [2.24, 2.45) is 11.3 Å². The topological polar surface area (TPSA) is 58.4 Å². The molecule has 0 bridgehead atoms. The van der Waals surface area contributed by atoms with Gasteiger partial charge in [-0.2, -0.15) is 5.10 Å². The third-order valence-electron chi connectivity index (χ3n) is 5.86. The monoisotopic (exact) mass is 360 g/mol. The van der Waals surface area contributed by atoms with Gasteiger partial charge in [0, 0.05) is 50.8 Å². The molecule has 6 heteroatoms. The van der Waals surface area contributed by atoms with Gasteiger partial charge in [-0.3, -0.25) is 14.3 Å². The number of nitrogens with zero attached hydrogens (tertiary/aromatic N) is 4. The zero-order valence-corrected chi connectivity index (χ0v) is 16.4. The highest BCUT2D eigenvalue weighted by Gasteiger charge is 2.42. The normalized spacial score (nSPS) is 23.9. The van der Waals surface area contributed by atoms with Crippen LogP contribution in [0.5, 0.6) is 0 Å². The van der Waals surface area contributed by atoms with Crippen molar-refractivity contribution in [3.8, 4) is 0 Å². The molecule has 2 aliphatic rings. The maximum atomic E-state index is 12.9. The molecule has 3 heterocycles. The summed E-state index contributed by atoms with van der Waals surface area (Å²) in [5.74, 6) is 0.905. The molecule has 2 saturated heterocycles. The van der Waals surface area contributed by atoms with Crippen molar-refractivity contribution in [2.45, 2.75) is 59.4 Å². The molecule has 144 valence electrons. The first-order chi connectivity index (χ1) is 12.4. The molecule has 3 rings (SSSR count). The van der Waals surface area contributed by atoms with Gasteiger partial charge in [0.2, 0.25) is 5.91 Å². The number of carbonyl (C=O) groups excluding carboxylic acids is 2. The fraction of sp³-hybridized carbons (Fsp3) is 0.750. The van der Waals surface area contributed by atoms with E-state index in [1.54, 1.807) is 4.68 Å². The summed E-state index contributed by atoms with van der Waals surface area (Å²) in [5, 5.41) is 4.37. The van der Waals surface area contributed by atoms with Crippen molar-refractivity contribution in [1.29, 1.82) is 0 Å². The summed E-state index contributed by atoms with van der Waals surface area (Å²) in [7, 11) is 0. The van der Waals surface area contributed by atoms with E-state index >= 15 is 0 Å². The van der Waals surface area contributed by atoms with Crippen LogP contribution in [-0.2, 0) is 11.3 Å². The lowest BCUT2D eigenvalue weighted by atomic mass is 9.73. The highest BCUT2D eigenvalue weighted by molar-refractivity contribution is 5.92. The van der Waals surface area contributed by atoms with Gasteiger partial charge in [0.25, 0.3) is 5.91 Å². The molecule has 0 aromatic carbocycles. The highest BCUT2D eigenvalue weighted by Crippen LogP contribution is 2.39. The van der Waals surface area contributed by atoms with Gasteiger partial charge in [-0.05, 0) is 44.6 Å². The summed E-state index contributed by atoms with van der Waals surface area (Å²) in [6.45, 7) is 10.3. The predicted octanol–water partition coefficient (Wildman–Crippen LogP) is 2.79. The van der Waals surface area contributed by atoms with Crippen molar-refractivity contribution in [1.82, 2.24) is 19.6 Å². The molecule has 2 aliphatic heterocycles. The van der Waals surface area contributed by atoms with Crippen LogP contribution in [0.15, 0.2) is 12.3 Å². The largest absolute Gasteiger partial charge is 0.342 e. The minimum atomic E-state index is 0.0295. The van der Waals surface area contributed by atoms with Crippen LogP contribution in [0.3, 0.4) is 0 Å². The van der Waals surface area contributed by atoms with Gasteiger partial charge in [0.15, 0.2) is 0 Å². The summed E-state index contributed by atoms with van der Waals surface area (Å²) in [6, 6.07) is 1.81. The quantitative estimate of drug-likeness (QED) is 0.811. The fourth-order valence-electron chi connectivity index (χ4n) is 4.25. The van der Waals surface area contributed by atoms with Crippen LogP contribution in [-0.4, -0.2) is 57.6 Å². The minimum Gasteiger partial charge on any atom is -0.342 e. The Kier molecular flexibility index (Phi) is 5.68. The van der Waals surface area contributed by atoms with Crippen LogP contribution in [0, 0.1) is 11.3 Å². The van der Waals surface area contributed by atoms with Crippen LogP contribution >= 0.6 is 0 Å². The van der Waals surface area contributed by atoms with Gasteiger partial charge in [-0.25, -0.2) is 0 Å². The Morgan fingerprint density at radius 3 is 2.81 bits per heavy atom. The first-order valence-electron chi connectivity index (χ1n) is 10.0. The Morgan fingerprint density at radius 2 is 2.12 bits per heavy atom. The number of carbonyl (C=O) groups is 2. The first kappa shape index (κ1) is 18.9. The van der Waals surface area contributed by atoms with Gasteiger partial charge >= 0.3 is 0 Å². The number of hydrogen-bond acceptors (Lipinski definition) is 3. The lowest BCUT2D eigenvalue weighted by molar-refractivity contribution is -0.139. The van der Waals surface area contributed by atoms with E-state index in [9.17, 15) is 9.59 Å². The van der Waals surface area contributed by atoms with Gasteiger partial charge < -0.3 is 9.80 Å². The summed E-state index contributed by atoms with van der Waals surface area (Å²) in [6.07, 6.45) is 6.53. The van der Waals surface area contributed by atoms with E-state index in [1.165, 1.54) is 0 Å². The average molecular weight is 361 g/mol. The second kappa shape index (κ2) is 7.80. The van der Waals surface area contributed by atoms with Crippen molar-refractivity contribution in [3.05, 3.63) is 18.0 Å². The molecule has 0 radical (unpaired) electrons. The lowest BCUT2D eigenvalue weighted by Crippen LogP contribution is -2.55. The average Bonchev–Trinajstić information content (AvgIpc) is 3.11. The van der Waals surface area contributed by atoms with Crippen LogP contribution in [0.2, 0.25) is 0 Å². The molecular weight excluding hydrogens is 328 g/mol. The van der Waals surface area contributed by atoms with Crippen LogP contribution in [0.25, 0.3) is 0 Å². The number of amides is 2. The molecule has 6 nitrogen and oxygen atoms in total. The van der Waals surface area contributed by atoms with E-state index in [4.69, 9.17) is 0 Å². The Bertz CT molecular complexity index is 654. The molecule has 1 aromatic rings. The van der Waals surface area contributed by atoms with Crippen molar-refractivity contribution in [3.63, 3.8) is 0 Å². The number of hydrogen-bond donors (Lipinski definition) is 0. The first-order valence-corrected chi connectivity index (χ1v) is 10.0. The summed E-state index contributed by atoms with van der Waals surface area (Å²) in [4.78, 5) is 29.2. The second-order valence-electron chi connectivity index (χ2n) is 8.38. The molecule has 26 heavy (non-hydrogen) atoms. The number of aryl methyl sites for hydroxylation is 1. The lowest BCUT2D eigenvalue weighted by Gasteiger charge is -2.48. The Morgan fingerprint density at radius 1 is 1.31 bits per heavy atom. The smallest absolute Gasteiger partial charge is 0.274 e. The molecule has 1 aromatic heterocycles. The predicted molar refractivity (Wildman–Crippen MR) is 101 cm³/mol. The second-order valence-corrected chi connectivity index (χ2v) is 8.38. The molecule has 2 amide bonds. The van der Waals surface area contributed by atoms with Gasteiger partial charge in [-0.1, -0.05) is 13.8 Å². The minimum absolute atomic E-state index is 0.0295. The van der Waals surface area contributed by atoms with Crippen LogP contribution < -0.4 is 0 Å². The third kappa shape index (κ3) is 4.10. The van der Waals surface area contributed by atoms with Gasteiger partial charge in [0.1, 0.15) is 5.69 Å². The van der Waals surface area contributed by atoms with Crippen molar-refractivity contribution < 1.29 is 9.59 Å². The molecular formula is C20H32N4O2. The number of piperidine rings is 2. The molecule has 0 saturated carbocycles. The van der Waals surface area contributed by atoms with E-state index in [0.717, 1.165) is 58.4 Å². The highest BCUT2D eigenvalue weighted by atomic mass is 16.2. The van der Waals surface area contributed by atoms with E-state index in [2.05, 4.69) is 18.9 Å². The summed E-state index contributed by atoms with van der Waals surface area (Å²) >= 11 is 0. The van der Waals surface area contributed by atoms with Crippen molar-refractivity contribution in [2.75, 3.05) is 26.2 Å². The third-order valence-corrected chi connectivity index (χ3v) is 5.86. The molecule has 0 N–H and O–H groups in total. The molecule has 1 spiro atoms. The maximum absolute atomic E-state index is 12.9. The Labute approximate surface area is 156 Å². The molecule has 0 aliphatic carbocycles. The standard InChI is InChI=1S/C20H32N4O2/c1-4-24-13-8-17(21-24)19(26)23-11-5-9-20(15-23)10-6-18(25)22(14-20)12-7-16(2)3/h8,13,16H,4-7,9-12,14-15H2,1-3H3/t20-/m1/s1. The summed E-state index contributed by atoms with van der Waals surface area (Å²) in [5.41, 5.74) is 0.596. The van der Waals surface area contributed by atoms with Gasteiger partial charge in [0.05, 0.1) is 0 Å². The molecule has 0 unspecified atom stereocenters.